The molecule has 3 rings (SSSR count). The summed E-state index contributed by atoms with van der Waals surface area (Å²) in [6, 6.07) is 9.84. The summed E-state index contributed by atoms with van der Waals surface area (Å²) in [6.45, 7) is 5.03. The summed E-state index contributed by atoms with van der Waals surface area (Å²) >= 11 is 3.41. The monoisotopic (exact) mass is 375 g/mol. The molecule has 0 saturated carbocycles. The average molecular weight is 376 g/mol. The Bertz CT molecular complexity index is 683. The Labute approximate surface area is 143 Å². The number of anilines is 2. The van der Waals surface area contributed by atoms with Gasteiger partial charge in [0.25, 0.3) is 0 Å². The second-order valence-electron chi connectivity index (χ2n) is 5.18. The summed E-state index contributed by atoms with van der Waals surface area (Å²) in [5.74, 6) is 2.31. The van der Waals surface area contributed by atoms with Crippen LogP contribution in [0.4, 0.5) is 11.6 Å². The number of nitrogens with one attached hydrogen (secondary N) is 1. The Morgan fingerprint density at radius 1 is 1.22 bits per heavy atom. The standard InChI is InChI=1S/C16H18BrN5O/c1-12-19-15(10-16(20-12)22-6-8-23-9-7-22)21-18-11-13-2-4-14(17)5-3-13/h2-5,10-11H,6-9H2,1H3,(H,19,20,21)/b18-11-. The number of halogens is 1. The van der Waals surface area contributed by atoms with E-state index in [0.717, 1.165) is 48.0 Å². The average Bonchev–Trinajstić information content (AvgIpc) is 2.57. The zero-order chi connectivity index (χ0) is 16.1. The van der Waals surface area contributed by atoms with Crippen molar-refractivity contribution in [3.05, 3.63) is 46.2 Å². The Morgan fingerprint density at radius 3 is 2.70 bits per heavy atom. The van der Waals surface area contributed by atoms with Crippen molar-refractivity contribution in [3.8, 4) is 0 Å². The zero-order valence-corrected chi connectivity index (χ0v) is 14.5. The van der Waals surface area contributed by atoms with Crippen molar-refractivity contribution in [2.75, 3.05) is 36.6 Å². The number of nitrogens with zero attached hydrogens (tertiary/aromatic N) is 4. The van der Waals surface area contributed by atoms with Crippen molar-refractivity contribution < 1.29 is 4.74 Å². The lowest BCUT2D eigenvalue weighted by Crippen LogP contribution is -2.36. The minimum Gasteiger partial charge on any atom is -0.378 e. The quantitative estimate of drug-likeness (QED) is 0.657. The van der Waals surface area contributed by atoms with Gasteiger partial charge in [-0.15, -0.1) is 0 Å². The molecule has 0 radical (unpaired) electrons. The van der Waals surface area contributed by atoms with Gasteiger partial charge in [-0.25, -0.2) is 9.97 Å². The molecule has 120 valence electrons. The Kier molecular flexibility index (Phi) is 5.19. The normalized spacial score (nSPS) is 15.1. The van der Waals surface area contributed by atoms with Crippen molar-refractivity contribution in [1.82, 2.24) is 9.97 Å². The Morgan fingerprint density at radius 2 is 1.96 bits per heavy atom. The van der Waals surface area contributed by atoms with Crippen molar-refractivity contribution in [3.63, 3.8) is 0 Å². The van der Waals surface area contributed by atoms with Crippen LogP contribution >= 0.6 is 15.9 Å². The van der Waals surface area contributed by atoms with Crippen LogP contribution in [0.1, 0.15) is 11.4 Å². The third-order valence-electron chi connectivity index (χ3n) is 3.42. The van der Waals surface area contributed by atoms with Gasteiger partial charge in [-0.05, 0) is 24.6 Å². The maximum atomic E-state index is 5.38. The number of aryl methyl sites for hydroxylation is 1. The van der Waals surface area contributed by atoms with Gasteiger partial charge >= 0.3 is 0 Å². The molecule has 0 bridgehead atoms. The number of rotatable bonds is 4. The van der Waals surface area contributed by atoms with E-state index in [1.54, 1.807) is 6.21 Å². The maximum absolute atomic E-state index is 5.38. The topological polar surface area (TPSA) is 62.6 Å². The molecule has 1 fully saturated rings. The van der Waals surface area contributed by atoms with Gasteiger partial charge in [0.05, 0.1) is 19.4 Å². The largest absolute Gasteiger partial charge is 0.378 e. The number of morpholine rings is 1. The van der Waals surface area contributed by atoms with Crippen LogP contribution in [0.25, 0.3) is 0 Å². The molecule has 1 aromatic carbocycles. The summed E-state index contributed by atoms with van der Waals surface area (Å²) in [4.78, 5) is 11.1. The van der Waals surface area contributed by atoms with Crippen molar-refractivity contribution in [1.29, 1.82) is 0 Å². The fourth-order valence-electron chi connectivity index (χ4n) is 2.29. The summed E-state index contributed by atoms with van der Waals surface area (Å²) in [5, 5.41) is 4.25. The lowest BCUT2D eigenvalue weighted by molar-refractivity contribution is 0.122. The highest BCUT2D eigenvalue weighted by molar-refractivity contribution is 9.10. The van der Waals surface area contributed by atoms with Crippen molar-refractivity contribution in [2.45, 2.75) is 6.92 Å². The molecule has 1 saturated heterocycles. The molecule has 0 aliphatic carbocycles. The van der Waals surface area contributed by atoms with E-state index in [1.165, 1.54) is 0 Å². The maximum Gasteiger partial charge on any atom is 0.152 e. The molecule has 1 aliphatic heterocycles. The van der Waals surface area contributed by atoms with Gasteiger partial charge in [-0.1, -0.05) is 28.1 Å². The first-order valence-corrected chi connectivity index (χ1v) is 8.23. The minimum absolute atomic E-state index is 0.687. The molecule has 2 aromatic rings. The molecule has 0 spiro atoms. The molecule has 1 N–H and O–H groups in total. The Balaban J connectivity index is 1.69. The summed E-state index contributed by atoms with van der Waals surface area (Å²) in [7, 11) is 0. The van der Waals surface area contributed by atoms with Crippen LogP contribution in [0.2, 0.25) is 0 Å². The second kappa shape index (κ2) is 7.52. The van der Waals surface area contributed by atoms with Gasteiger partial charge in [-0.2, -0.15) is 5.10 Å². The van der Waals surface area contributed by atoms with Crippen LogP contribution in [0.5, 0.6) is 0 Å². The summed E-state index contributed by atoms with van der Waals surface area (Å²) in [6.07, 6.45) is 1.76. The first-order valence-electron chi connectivity index (χ1n) is 7.44. The number of hydrogen-bond acceptors (Lipinski definition) is 6. The first-order chi connectivity index (χ1) is 11.2. The van der Waals surface area contributed by atoms with Crippen LogP contribution in [0, 0.1) is 6.92 Å². The molecule has 0 unspecified atom stereocenters. The number of ether oxygens (including phenoxy) is 1. The minimum atomic E-state index is 0.687. The molecular weight excluding hydrogens is 358 g/mol. The molecule has 1 aliphatic rings. The van der Waals surface area contributed by atoms with Crippen LogP contribution < -0.4 is 10.3 Å². The fourth-order valence-corrected chi connectivity index (χ4v) is 2.55. The molecular formula is C16H18BrN5O. The number of aromatic nitrogens is 2. The van der Waals surface area contributed by atoms with E-state index >= 15 is 0 Å². The smallest absolute Gasteiger partial charge is 0.152 e. The first kappa shape index (κ1) is 15.9. The highest BCUT2D eigenvalue weighted by atomic mass is 79.9. The van der Waals surface area contributed by atoms with Crippen molar-refractivity contribution >= 4 is 33.8 Å². The van der Waals surface area contributed by atoms with Crippen molar-refractivity contribution in [2.24, 2.45) is 5.10 Å². The third-order valence-corrected chi connectivity index (χ3v) is 3.95. The SMILES string of the molecule is Cc1nc(N/N=C\c2ccc(Br)cc2)cc(N2CCOCC2)n1. The number of benzene rings is 1. The van der Waals surface area contributed by atoms with E-state index in [1.807, 2.05) is 37.3 Å². The molecule has 0 atom stereocenters. The lowest BCUT2D eigenvalue weighted by Gasteiger charge is -2.28. The van der Waals surface area contributed by atoms with Crippen LogP contribution in [-0.2, 0) is 4.74 Å². The third kappa shape index (κ3) is 4.49. The Hall–Kier alpha value is -1.99. The van der Waals surface area contributed by atoms with Gasteiger partial charge in [0.15, 0.2) is 5.82 Å². The van der Waals surface area contributed by atoms with Crippen LogP contribution in [-0.4, -0.2) is 42.5 Å². The van der Waals surface area contributed by atoms with Gasteiger partial charge in [-0.3, -0.25) is 5.43 Å². The highest BCUT2D eigenvalue weighted by Crippen LogP contribution is 2.17. The van der Waals surface area contributed by atoms with E-state index in [0.29, 0.717) is 5.82 Å². The summed E-state index contributed by atoms with van der Waals surface area (Å²) in [5.41, 5.74) is 3.99. The van der Waals surface area contributed by atoms with Crippen LogP contribution in [0.15, 0.2) is 39.9 Å². The van der Waals surface area contributed by atoms with Crippen LogP contribution in [0.3, 0.4) is 0 Å². The van der Waals surface area contributed by atoms with E-state index in [2.05, 4.69) is 41.3 Å². The van der Waals surface area contributed by atoms with E-state index in [4.69, 9.17) is 4.74 Å². The fraction of sp³-hybridized carbons (Fsp3) is 0.312. The molecule has 6 nitrogen and oxygen atoms in total. The van der Waals surface area contributed by atoms with Gasteiger partial charge in [0, 0.05) is 23.6 Å². The van der Waals surface area contributed by atoms with E-state index in [-0.39, 0.29) is 0 Å². The van der Waals surface area contributed by atoms with Gasteiger partial charge in [0.2, 0.25) is 0 Å². The highest BCUT2D eigenvalue weighted by Gasteiger charge is 2.13. The number of hydrazone groups is 1. The predicted octanol–water partition coefficient (Wildman–Crippen LogP) is 2.83. The zero-order valence-electron chi connectivity index (χ0n) is 12.9. The molecule has 7 heteroatoms. The second-order valence-corrected chi connectivity index (χ2v) is 6.10. The predicted molar refractivity (Wildman–Crippen MR) is 95.2 cm³/mol. The van der Waals surface area contributed by atoms with Gasteiger partial charge in [0.1, 0.15) is 11.6 Å². The van der Waals surface area contributed by atoms with Gasteiger partial charge < -0.3 is 9.64 Å². The lowest BCUT2D eigenvalue weighted by atomic mass is 10.2. The molecule has 2 heterocycles. The molecule has 1 aromatic heterocycles. The molecule has 0 amide bonds. The van der Waals surface area contributed by atoms with E-state index < -0.39 is 0 Å². The number of hydrogen-bond donors (Lipinski definition) is 1. The summed E-state index contributed by atoms with van der Waals surface area (Å²) < 4.78 is 6.42. The molecule has 23 heavy (non-hydrogen) atoms. The van der Waals surface area contributed by atoms with E-state index in [9.17, 15) is 0 Å².